The first-order valence-electron chi connectivity index (χ1n) is 10.5. The molecule has 2 aliphatic rings. The average Bonchev–Trinajstić information content (AvgIpc) is 3.02. The van der Waals surface area contributed by atoms with Crippen molar-refractivity contribution in [2.45, 2.75) is 72.3 Å². The first-order chi connectivity index (χ1) is 12.8. The van der Waals surface area contributed by atoms with Crippen LogP contribution in [0.4, 0.5) is 0 Å². The molecule has 1 saturated heterocycles. The lowest BCUT2D eigenvalue weighted by Gasteiger charge is -2.41. The Morgan fingerprint density at radius 2 is 2.11 bits per heavy atom. The fourth-order valence-corrected chi connectivity index (χ4v) is 4.88. The summed E-state index contributed by atoms with van der Waals surface area (Å²) in [5.74, 6) is 1.50. The highest BCUT2D eigenvalue weighted by Gasteiger charge is 2.37. The zero-order chi connectivity index (χ0) is 19.6. The lowest BCUT2D eigenvalue weighted by Crippen LogP contribution is -2.49. The van der Waals surface area contributed by atoms with Crippen molar-refractivity contribution in [2.24, 2.45) is 11.3 Å². The molecule has 2 atom stereocenters. The van der Waals surface area contributed by atoms with Gasteiger partial charge in [0.05, 0.1) is 6.61 Å². The van der Waals surface area contributed by atoms with Crippen molar-refractivity contribution in [1.29, 1.82) is 0 Å². The van der Waals surface area contributed by atoms with Crippen LogP contribution in [0.2, 0.25) is 5.02 Å². The number of benzene rings is 1. The highest BCUT2D eigenvalue weighted by Crippen LogP contribution is 2.36. The Labute approximate surface area is 169 Å². The summed E-state index contributed by atoms with van der Waals surface area (Å²) in [6, 6.07) is 4.43. The molecule has 2 aliphatic heterocycles. The minimum atomic E-state index is 0.0354. The number of Topliss-reactive ketones (excluding diaryl/α,β-unsaturated/α-hetero) is 1. The van der Waals surface area contributed by atoms with Crippen LogP contribution in [0.1, 0.15) is 64.5 Å². The van der Waals surface area contributed by atoms with Crippen LogP contribution in [0.15, 0.2) is 12.1 Å². The van der Waals surface area contributed by atoms with Crippen LogP contribution in [0.5, 0.6) is 5.75 Å². The van der Waals surface area contributed by atoms with Gasteiger partial charge in [-0.15, -0.1) is 0 Å². The van der Waals surface area contributed by atoms with Crippen LogP contribution in [-0.4, -0.2) is 36.4 Å². The SMILES string of the molecule is CCCN1CCC[C@@H](C(=O)CC(C)(C)C)[C@H]1Cc1cc2c(cc1Cl)CCO2. The molecular weight excluding hydrogens is 358 g/mol. The van der Waals surface area contributed by atoms with Crippen molar-refractivity contribution >= 4 is 17.4 Å². The molecule has 150 valence electrons. The molecule has 3 nitrogen and oxygen atoms in total. The molecule has 0 bridgehead atoms. The number of carbonyl (C=O) groups is 1. The summed E-state index contributed by atoms with van der Waals surface area (Å²) < 4.78 is 5.76. The van der Waals surface area contributed by atoms with E-state index < -0.39 is 0 Å². The summed E-state index contributed by atoms with van der Waals surface area (Å²) in [5, 5.41) is 0.822. The normalized spacial score (nSPS) is 23.1. The maximum absolute atomic E-state index is 13.2. The van der Waals surface area contributed by atoms with E-state index in [1.165, 1.54) is 5.56 Å². The van der Waals surface area contributed by atoms with Gasteiger partial charge in [-0.25, -0.2) is 0 Å². The Bertz CT molecular complexity index is 678. The third kappa shape index (κ3) is 5.06. The second kappa shape index (κ2) is 8.53. The molecule has 0 N–H and O–H groups in total. The third-order valence-corrected chi connectivity index (χ3v) is 6.16. The Hall–Kier alpha value is -1.06. The summed E-state index contributed by atoms with van der Waals surface area (Å²) in [5.41, 5.74) is 2.37. The van der Waals surface area contributed by atoms with E-state index >= 15 is 0 Å². The molecule has 0 aliphatic carbocycles. The quantitative estimate of drug-likeness (QED) is 0.657. The molecular formula is C23H34ClNO2. The number of ketones is 1. The second-order valence-corrected chi connectivity index (χ2v) is 9.82. The van der Waals surface area contributed by atoms with E-state index in [9.17, 15) is 4.79 Å². The number of carbonyl (C=O) groups excluding carboxylic acids is 1. The van der Waals surface area contributed by atoms with Gasteiger partial charge in [0.25, 0.3) is 0 Å². The van der Waals surface area contributed by atoms with Crippen LogP contribution in [0.25, 0.3) is 0 Å². The van der Waals surface area contributed by atoms with Gasteiger partial charge >= 0.3 is 0 Å². The summed E-state index contributed by atoms with van der Waals surface area (Å²) in [7, 11) is 0. The number of hydrogen-bond acceptors (Lipinski definition) is 3. The monoisotopic (exact) mass is 391 g/mol. The number of halogens is 1. The van der Waals surface area contributed by atoms with Gasteiger partial charge in [-0.1, -0.05) is 39.3 Å². The Morgan fingerprint density at radius 1 is 1.33 bits per heavy atom. The van der Waals surface area contributed by atoms with Crippen LogP contribution < -0.4 is 4.74 Å². The van der Waals surface area contributed by atoms with Crippen molar-refractivity contribution in [3.05, 3.63) is 28.3 Å². The first kappa shape index (κ1) is 20.7. The van der Waals surface area contributed by atoms with Gasteiger partial charge in [0.15, 0.2) is 0 Å². The molecule has 0 saturated carbocycles. The Morgan fingerprint density at radius 3 is 2.81 bits per heavy atom. The largest absolute Gasteiger partial charge is 0.493 e. The van der Waals surface area contributed by atoms with E-state index in [1.807, 2.05) is 0 Å². The van der Waals surface area contributed by atoms with E-state index in [-0.39, 0.29) is 17.4 Å². The van der Waals surface area contributed by atoms with Crippen LogP contribution in [-0.2, 0) is 17.6 Å². The minimum absolute atomic E-state index is 0.0354. The minimum Gasteiger partial charge on any atom is -0.493 e. The van der Waals surface area contributed by atoms with Crippen molar-refractivity contribution in [3.8, 4) is 5.75 Å². The van der Waals surface area contributed by atoms with Crippen LogP contribution in [0.3, 0.4) is 0 Å². The lowest BCUT2D eigenvalue weighted by molar-refractivity contribution is -0.128. The molecule has 1 fully saturated rings. The van der Waals surface area contributed by atoms with Gasteiger partial charge in [-0.05, 0) is 67.4 Å². The highest BCUT2D eigenvalue weighted by atomic mass is 35.5. The highest BCUT2D eigenvalue weighted by molar-refractivity contribution is 6.31. The van der Waals surface area contributed by atoms with Gasteiger partial charge in [-0.3, -0.25) is 9.69 Å². The molecule has 27 heavy (non-hydrogen) atoms. The maximum Gasteiger partial charge on any atom is 0.138 e. The van der Waals surface area contributed by atoms with Gasteiger partial charge in [0, 0.05) is 29.8 Å². The molecule has 0 unspecified atom stereocenters. The number of likely N-dealkylation sites (tertiary alicyclic amines) is 1. The summed E-state index contributed by atoms with van der Waals surface area (Å²) in [6.45, 7) is 11.5. The topological polar surface area (TPSA) is 29.5 Å². The van der Waals surface area contributed by atoms with Crippen molar-refractivity contribution in [1.82, 2.24) is 4.90 Å². The summed E-state index contributed by atoms with van der Waals surface area (Å²) in [4.78, 5) is 15.7. The molecule has 0 spiro atoms. The third-order valence-electron chi connectivity index (χ3n) is 5.81. The molecule has 0 radical (unpaired) electrons. The molecule has 1 aromatic carbocycles. The molecule has 1 aromatic rings. The van der Waals surface area contributed by atoms with E-state index in [0.717, 1.165) is 68.1 Å². The molecule has 0 aromatic heterocycles. The molecule has 4 heteroatoms. The predicted octanol–water partition coefficient (Wildman–Crippen LogP) is 5.31. The lowest BCUT2D eigenvalue weighted by atomic mass is 9.77. The summed E-state index contributed by atoms with van der Waals surface area (Å²) >= 11 is 6.63. The Balaban J connectivity index is 1.85. The van der Waals surface area contributed by atoms with Gasteiger partial charge < -0.3 is 4.74 Å². The average molecular weight is 392 g/mol. The number of fused-ring (bicyclic) bond motifs is 1. The molecule has 0 amide bonds. The smallest absolute Gasteiger partial charge is 0.138 e. The van der Waals surface area contributed by atoms with Crippen molar-refractivity contribution in [3.63, 3.8) is 0 Å². The van der Waals surface area contributed by atoms with E-state index in [0.29, 0.717) is 12.2 Å². The predicted molar refractivity (Wildman–Crippen MR) is 112 cm³/mol. The zero-order valence-corrected chi connectivity index (χ0v) is 18.1. The van der Waals surface area contributed by atoms with E-state index in [1.54, 1.807) is 0 Å². The standard InChI is InChI=1S/C23H34ClNO2/c1-5-9-25-10-6-7-18(21(26)15-23(2,3)4)20(25)13-17-14-22-16(8-11-27-22)12-19(17)24/h12,14,18,20H,5-11,13,15H2,1-4H3/t18-,20-/m1/s1. The zero-order valence-electron chi connectivity index (χ0n) is 17.3. The van der Waals surface area contributed by atoms with E-state index in [4.69, 9.17) is 16.3 Å². The van der Waals surface area contributed by atoms with Gasteiger partial charge in [0.2, 0.25) is 0 Å². The first-order valence-corrected chi connectivity index (χ1v) is 10.9. The number of ether oxygens (including phenoxy) is 1. The number of piperidine rings is 1. The number of hydrogen-bond donors (Lipinski definition) is 0. The maximum atomic E-state index is 13.2. The Kier molecular flexibility index (Phi) is 6.53. The van der Waals surface area contributed by atoms with Crippen LogP contribution >= 0.6 is 11.6 Å². The van der Waals surface area contributed by atoms with Crippen molar-refractivity contribution in [2.75, 3.05) is 19.7 Å². The van der Waals surface area contributed by atoms with Crippen LogP contribution in [0, 0.1) is 11.3 Å². The fourth-order valence-electron chi connectivity index (χ4n) is 4.61. The van der Waals surface area contributed by atoms with E-state index in [2.05, 4.69) is 44.7 Å². The summed E-state index contributed by atoms with van der Waals surface area (Å²) in [6.07, 6.45) is 5.63. The van der Waals surface area contributed by atoms with Crippen molar-refractivity contribution < 1.29 is 9.53 Å². The number of nitrogens with zero attached hydrogens (tertiary/aromatic N) is 1. The van der Waals surface area contributed by atoms with Gasteiger partial charge in [-0.2, -0.15) is 0 Å². The number of rotatable bonds is 6. The fraction of sp³-hybridized carbons (Fsp3) is 0.696. The van der Waals surface area contributed by atoms with Gasteiger partial charge in [0.1, 0.15) is 11.5 Å². The second-order valence-electron chi connectivity index (χ2n) is 9.41. The molecule has 2 heterocycles. The molecule has 3 rings (SSSR count).